The van der Waals surface area contributed by atoms with Gasteiger partial charge in [-0.15, -0.1) is 0 Å². The predicted octanol–water partition coefficient (Wildman–Crippen LogP) is 1.08. The lowest BCUT2D eigenvalue weighted by molar-refractivity contribution is -0.00451. The molecule has 0 aliphatic heterocycles. The molecule has 86 valence electrons. The van der Waals surface area contributed by atoms with Crippen LogP contribution in [0.4, 0.5) is 0 Å². The van der Waals surface area contributed by atoms with Crippen LogP contribution in [-0.2, 0) is 0 Å². The SMILES string of the molecule is CN(C)CCCNC(C)(C)C(C)(C)O. The molecular formula is C11H26N2O. The summed E-state index contributed by atoms with van der Waals surface area (Å²) >= 11 is 0. The Morgan fingerprint density at radius 1 is 1.14 bits per heavy atom. The molecule has 0 unspecified atom stereocenters. The third-order valence-corrected chi connectivity index (χ3v) is 2.88. The van der Waals surface area contributed by atoms with Gasteiger partial charge in [0.1, 0.15) is 0 Å². The third-order valence-electron chi connectivity index (χ3n) is 2.88. The second-order valence-corrected chi connectivity index (χ2v) is 5.27. The van der Waals surface area contributed by atoms with Gasteiger partial charge in [0.05, 0.1) is 5.60 Å². The molecule has 0 atom stereocenters. The highest BCUT2D eigenvalue weighted by molar-refractivity contribution is 4.93. The van der Waals surface area contributed by atoms with Crippen molar-refractivity contribution in [2.24, 2.45) is 0 Å². The summed E-state index contributed by atoms with van der Waals surface area (Å²) in [7, 11) is 4.14. The zero-order valence-electron chi connectivity index (χ0n) is 10.5. The van der Waals surface area contributed by atoms with Crippen LogP contribution >= 0.6 is 0 Å². The Morgan fingerprint density at radius 3 is 2.00 bits per heavy atom. The van der Waals surface area contributed by atoms with E-state index >= 15 is 0 Å². The van der Waals surface area contributed by atoms with Gasteiger partial charge in [0, 0.05) is 5.54 Å². The molecule has 14 heavy (non-hydrogen) atoms. The van der Waals surface area contributed by atoms with Crippen molar-refractivity contribution in [2.45, 2.75) is 45.3 Å². The largest absolute Gasteiger partial charge is 0.389 e. The fourth-order valence-corrected chi connectivity index (χ4v) is 1.01. The van der Waals surface area contributed by atoms with E-state index in [9.17, 15) is 5.11 Å². The van der Waals surface area contributed by atoms with E-state index in [0.29, 0.717) is 0 Å². The third kappa shape index (κ3) is 4.94. The summed E-state index contributed by atoms with van der Waals surface area (Å²) in [5, 5.41) is 13.3. The van der Waals surface area contributed by atoms with Gasteiger partial charge in [-0.1, -0.05) is 0 Å². The average Bonchev–Trinajstić information content (AvgIpc) is 1.95. The van der Waals surface area contributed by atoms with Gasteiger partial charge in [-0.2, -0.15) is 0 Å². The number of rotatable bonds is 6. The first kappa shape index (κ1) is 13.9. The molecule has 0 saturated heterocycles. The van der Waals surface area contributed by atoms with Crippen molar-refractivity contribution in [1.82, 2.24) is 10.2 Å². The fourth-order valence-electron chi connectivity index (χ4n) is 1.01. The van der Waals surface area contributed by atoms with E-state index in [1.165, 1.54) is 0 Å². The van der Waals surface area contributed by atoms with Crippen LogP contribution in [0.1, 0.15) is 34.1 Å². The van der Waals surface area contributed by atoms with Gasteiger partial charge in [0.2, 0.25) is 0 Å². The topological polar surface area (TPSA) is 35.5 Å². The second kappa shape index (κ2) is 5.10. The first-order valence-electron chi connectivity index (χ1n) is 5.29. The lowest BCUT2D eigenvalue weighted by atomic mass is 9.86. The molecule has 0 heterocycles. The van der Waals surface area contributed by atoms with Gasteiger partial charge in [0.15, 0.2) is 0 Å². The van der Waals surface area contributed by atoms with E-state index in [2.05, 4.69) is 24.3 Å². The van der Waals surface area contributed by atoms with Crippen LogP contribution in [0.3, 0.4) is 0 Å². The molecule has 3 heteroatoms. The molecule has 0 aliphatic carbocycles. The first-order valence-corrected chi connectivity index (χ1v) is 5.29. The molecule has 0 aromatic heterocycles. The Morgan fingerprint density at radius 2 is 1.64 bits per heavy atom. The van der Waals surface area contributed by atoms with Crippen LogP contribution in [0, 0.1) is 0 Å². The van der Waals surface area contributed by atoms with Crippen LogP contribution in [-0.4, -0.2) is 48.3 Å². The highest BCUT2D eigenvalue weighted by Gasteiger charge is 2.33. The van der Waals surface area contributed by atoms with Crippen molar-refractivity contribution in [2.75, 3.05) is 27.2 Å². The van der Waals surface area contributed by atoms with E-state index < -0.39 is 5.60 Å². The second-order valence-electron chi connectivity index (χ2n) is 5.27. The van der Waals surface area contributed by atoms with Crippen LogP contribution < -0.4 is 5.32 Å². The van der Waals surface area contributed by atoms with Crippen LogP contribution in [0.2, 0.25) is 0 Å². The molecule has 0 radical (unpaired) electrons. The summed E-state index contributed by atoms with van der Waals surface area (Å²) in [5.74, 6) is 0. The van der Waals surface area contributed by atoms with Crippen molar-refractivity contribution in [3.05, 3.63) is 0 Å². The quantitative estimate of drug-likeness (QED) is 0.633. The number of aliphatic hydroxyl groups is 1. The maximum absolute atomic E-state index is 9.88. The van der Waals surface area contributed by atoms with Crippen molar-refractivity contribution in [3.8, 4) is 0 Å². The van der Waals surface area contributed by atoms with Gasteiger partial charge in [0.25, 0.3) is 0 Å². The predicted molar refractivity (Wildman–Crippen MR) is 61.6 cm³/mol. The standard InChI is InChI=1S/C11H26N2O/c1-10(2,11(3,4)14)12-8-7-9-13(5)6/h12,14H,7-9H2,1-6H3. The minimum Gasteiger partial charge on any atom is -0.389 e. The minimum absolute atomic E-state index is 0.237. The lowest BCUT2D eigenvalue weighted by Gasteiger charge is -2.38. The van der Waals surface area contributed by atoms with E-state index in [0.717, 1.165) is 19.5 Å². The number of nitrogens with one attached hydrogen (secondary N) is 1. The molecule has 2 N–H and O–H groups in total. The number of nitrogens with zero attached hydrogens (tertiary/aromatic N) is 1. The molecule has 3 nitrogen and oxygen atoms in total. The Kier molecular flexibility index (Phi) is 5.06. The summed E-state index contributed by atoms with van der Waals surface area (Å²) in [6.45, 7) is 9.76. The van der Waals surface area contributed by atoms with Gasteiger partial charge in [-0.25, -0.2) is 0 Å². The molecule has 0 saturated carbocycles. The fraction of sp³-hybridized carbons (Fsp3) is 1.00. The zero-order valence-corrected chi connectivity index (χ0v) is 10.5. The molecule has 0 aliphatic rings. The molecule has 0 aromatic carbocycles. The van der Waals surface area contributed by atoms with Crippen molar-refractivity contribution >= 4 is 0 Å². The average molecular weight is 202 g/mol. The smallest absolute Gasteiger partial charge is 0.0767 e. The molecule has 0 rings (SSSR count). The summed E-state index contributed by atoms with van der Waals surface area (Å²) in [6, 6.07) is 0. The van der Waals surface area contributed by atoms with Crippen LogP contribution in [0.25, 0.3) is 0 Å². The van der Waals surface area contributed by atoms with Gasteiger partial charge < -0.3 is 15.3 Å². The molecule has 0 aromatic rings. The Hall–Kier alpha value is -0.120. The van der Waals surface area contributed by atoms with Gasteiger partial charge in [-0.3, -0.25) is 0 Å². The Bertz CT molecular complexity index is 159. The van der Waals surface area contributed by atoms with Crippen molar-refractivity contribution < 1.29 is 5.11 Å². The highest BCUT2D eigenvalue weighted by Crippen LogP contribution is 2.20. The summed E-state index contributed by atoms with van der Waals surface area (Å²) < 4.78 is 0. The van der Waals surface area contributed by atoms with Crippen molar-refractivity contribution in [1.29, 1.82) is 0 Å². The summed E-state index contributed by atoms with van der Waals surface area (Å²) in [5.41, 5.74) is -0.926. The molecule has 0 spiro atoms. The molecule has 0 bridgehead atoms. The summed E-state index contributed by atoms with van der Waals surface area (Å²) in [6.07, 6.45) is 1.10. The van der Waals surface area contributed by atoms with Crippen molar-refractivity contribution in [3.63, 3.8) is 0 Å². The van der Waals surface area contributed by atoms with E-state index in [4.69, 9.17) is 0 Å². The molecular weight excluding hydrogens is 176 g/mol. The minimum atomic E-state index is -0.689. The zero-order chi connectivity index (χ0) is 11.4. The van der Waals surface area contributed by atoms with Crippen LogP contribution in [0.5, 0.6) is 0 Å². The molecule has 0 fully saturated rings. The molecule has 0 amide bonds. The maximum Gasteiger partial charge on any atom is 0.0767 e. The monoisotopic (exact) mass is 202 g/mol. The maximum atomic E-state index is 9.88. The lowest BCUT2D eigenvalue weighted by Crippen LogP contribution is -2.56. The van der Waals surface area contributed by atoms with E-state index in [-0.39, 0.29) is 5.54 Å². The Balaban J connectivity index is 3.78. The van der Waals surface area contributed by atoms with Gasteiger partial charge in [-0.05, 0) is 61.3 Å². The Labute approximate surface area is 88.5 Å². The summed E-state index contributed by atoms with van der Waals surface area (Å²) in [4.78, 5) is 2.17. The van der Waals surface area contributed by atoms with Gasteiger partial charge >= 0.3 is 0 Å². The first-order chi connectivity index (χ1) is 6.17. The normalized spacial score (nSPS) is 13.7. The highest BCUT2D eigenvalue weighted by atomic mass is 16.3. The van der Waals surface area contributed by atoms with E-state index in [1.807, 2.05) is 27.7 Å². The number of hydrogen-bond acceptors (Lipinski definition) is 3. The van der Waals surface area contributed by atoms with Crippen LogP contribution in [0.15, 0.2) is 0 Å². The van der Waals surface area contributed by atoms with E-state index in [1.54, 1.807) is 0 Å². The number of hydrogen-bond donors (Lipinski definition) is 2.